The minimum atomic E-state index is -0.447. The number of nitrogens with zero attached hydrogens (tertiary/aromatic N) is 6. The molecule has 0 saturated carbocycles. The molecule has 0 aliphatic heterocycles. The normalized spacial score (nSPS) is 11.6. The van der Waals surface area contributed by atoms with Crippen LogP contribution in [-0.2, 0) is 6.54 Å². The molecule has 3 aromatic heterocycles. The standard InChI is InChI=1S/C23H15ClFN7/c24-18-4-2-1-3-15(18)13-31-21(7-8-27-31)16-9-19(25)23-22(10-16)32(30-29-23)17-6-5-14-12-26-28-20(14)11-17/h1-12H,13H2,(H,26,28). The Labute approximate surface area is 186 Å². The summed E-state index contributed by atoms with van der Waals surface area (Å²) in [5.74, 6) is -0.447. The maximum Gasteiger partial charge on any atom is 0.153 e. The summed E-state index contributed by atoms with van der Waals surface area (Å²) in [6, 6.07) is 18.5. The van der Waals surface area contributed by atoms with Crippen molar-refractivity contribution in [1.82, 2.24) is 35.0 Å². The summed E-state index contributed by atoms with van der Waals surface area (Å²) >= 11 is 6.32. The summed E-state index contributed by atoms with van der Waals surface area (Å²) in [7, 11) is 0. The van der Waals surface area contributed by atoms with E-state index in [2.05, 4.69) is 25.6 Å². The van der Waals surface area contributed by atoms with Crippen molar-refractivity contribution >= 4 is 33.5 Å². The Morgan fingerprint density at radius 2 is 1.94 bits per heavy atom. The fraction of sp³-hybridized carbons (Fsp3) is 0.0435. The molecule has 32 heavy (non-hydrogen) atoms. The first-order valence-corrected chi connectivity index (χ1v) is 10.3. The predicted octanol–water partition coefficient (Wildman–Crippen LogP) is 5.00. The van der Waals surface area contributed by atoms with Gasteiger partial charge in [-0.15, -0.1) is 5.10 Å². The van der Waals surface area contributed by atoms with Gasteiger partial charge in [-0.25, -0.2) is 9.07 Å². The predicted molar refractivity (Wildman–Crippen MR) is 120 cm³/mol. The minimum Gasteiger partial charge on any atom is -0.278 e. The largest absolute Gasteiger partial charge is 0.278 e. The van der Waals surface area contributed by atoms with Gasteiger partial charge < -0.3 is 0 Å². The number of nitrogens with one attached hydrogen (secondary N) is 1. The first-order valence-electron chi connectivity index (χ1n) is 9.91. The molecule has 6 aromatic rings. The monoisotopic (exact) mass is 443 g/mol. The van der Waals surface area contributed by atoms with Gasteiger partial charge >= 0.3 is 0 Å². The smallest absolute Gasteiger partial charge is 0.153 e. The lowest BCUT2D eigenvalue weighted by Gasteiger charge is -2.10. The van der Waals surface area contributed by atoms with E-state index in [-0.39, 0.29) is 5.52 Å². The first kappa shape index (κ1) is 18.7. The molecule has 9 heteroatoms. The number of rotatable bonds is 4. The van der Waals surface area contributed by atoms with Crippen LogP contribution in [0.5, 0.6) is 0 Å². The van der Waals surface area contributed by atoms with Crippen LogP contribution in [0.4, 0.5) is 4.39 Å². The number of aromatic nitrogens is 7. The van der Waals surface area contributed by atoms with Gasteiger partial charge in [0.2, 0.25) is 0 Å². The zero-order chi connectivity index (χ0) is 21.7. The highest BCUT2D eigenvalue weighted by Gasteiger charge is 2.16. The molecule has 3 heterocycles. The Balaban J connectivity index is 1.47. The van der Waals surface area contributed by atoms with Gasteiger partial charge in [-0.3, -0.25) is 9.78 Å². The summed E-state index contributed by atoms with van der Waals surface area (Å²) in [5, 5.41) is 21.3. The van der Waals surface area contributed by atoms with Crippen molar-refractivity contribution in [1.29, 1.82) is 0 Å². The van der Waals surface area contributed by atoms with Gasteiger partial charge in [0.1, 0.15) is 5.52 Å². The molecule has 0 aliphatic carbocycles. The summed E-state index contributed by atoms with van der Waals surface area (Å²) < 4.78 is 18.4. The number of benzene rings is 3. The molecule has 7 nitrogen and oxygen atoms in total. The number of H-pyrrole nitrogens is 1. The van der Waals surface area contributed by atoms with E-state index in [1.165, 1.54) is 6.07 Å². The highest BCUT2D eigenvalue weighted by Crippen LogP contribution is 2.29. The third-order valence-corrected chi connectivity index (χ3v) is 5.83. The lowest BCUT2D eigenvalue weighted by Crippen LogP contribution is -2.04. The molecule has 0 bridgehead atoms. The van der Waals surface area contributed by atoms with E-state index in [9.17, 15) is 0 Å². The van der Waals surface area contributed by atoms with Crippen molar-refractivity contribution in [2.75, 3.05) is 0 Å². The second-order valence-electron chi connectivity index (χ2n) is 7.43. The molecule has 3 aromatic carbocycles. The highest BCUT2D eigenvalue weighted by atomic mass is 35.5. The van der Waals surface area contributed by atoms with Gasteiger partial charge in [0.15, 0.2) is 5.82 Å². The lowest BCUT2D eigenvalue weighted by atomic mass is 10.1. The first-order chi connectivity index (χ1) is 15.7. The maximum atomic E-state index is 15.0. The van der Waals surface area contributed by atoms with Crippen molar-refractivity contribution in [3.8, 4) is 16.9 Å². The van der Waals surface area contributed by atoms with E-state index >= 15 is 4.39 Å². The van der Waals surface area contributed by atoms with E-state index in [0.29, 0.717) is 22.6 Å². The third kappa shape index (κ3) is 3.04. The Hall–Kier alpha value is -4.04. The SMILES string of the molecule is Fc1cc(-c2ccnn2Cc2ccccc2Cl)cc2c1nnn2-c1ccc2cn[nH]c2c1. The number of halogens is 2. The van der Waals surface area contributed by atoms with Crippen LogP contribution in [0.15, 0.2) is 73.1 Å². The van der Waals surface area contributed by atoms with E-state index in [4.69, 9.17) is 11.6 Å². The number of hydrogen-bond donors (Lipinski definition) is 1. The Bertz CT molecular complexity index is 1600. The van der Waals surface area contributed by atoms with Crippen LogP contribution in [0.3, 0.4) is 0 Å². The zero-order valence-corrected chi connectivity index (χ0v) is 17.3. The van der Waals surface area contributed by atoms with Crippen LogP contribution >= 0.6 is 11.6 Å². The minimum absolute atomic E-state index is 0.204. The van der Waals surface area contributed by atoms with Crippen molar-refractivity contribution in [2.45, 2.75) is 6.54 Å². The summed E-state index contributed by atoms with van der Waals surface area (Å²) in [6.07, 6.45) is 3.44. The van der Waals surface area contributed by atoms with Crippen molar-refractivity contribution in [3.05, 3.63) is 89.5 Å². The molecule has 0 atom stereocenters. The fourth-order valence-corrected chi connectivity index (χ4v) is 4.07. The molecule has 1 N–H and O–H groups in total. The average Bonchev–Trinajstić information content (AvgIpc) is 3.54. The zero-order valence-electron chi connectivity index (χ0n) is 16.6. The van der Waals surface area contributed by atoms with Gasteiger partial charge in [0.05, 0.1) is 35.2 Å². The number of aromatic amines is 1. The quantitative estimate of drug-likeness (QED) is 0.416. The van der Waals surface area contributed by atoms with Crippen LogP contribution in [0.2, 0.25) is 5.02 Å². The van der Waals surface area contributed by atoms with E-state index < -0.39 is 5.82 Å². The lowest BCUT2D eigenvalue weighted by molar-refractivity contribution is 0.635. The molecule has 0 unspecified atom stereocenters. The van der Waals surface area contributed by atoms with E-state index in [1.54, 1.807) is 21.8 Å². The molecular weight excluding hydrogens is 429 g/mol. The second-order valence-corrected chi connectivity index (χ2v) is 7.84. The highest BCUT2D eigenvalue weighted by molar-refractivity contribution is 6.31. The molecular formula is C23H15ClFN7. The molecule has 0 radical (unpaired) electrons. The Kier molecular flexibility index (Phi) is 4.26. The Morgan fingerprint density at radius 1 is 1.03 bits per heavy atom. The van der Waals surface area contributed by atoms with Crippen LogP contribution < -0.4 is 0 Å². The summed E-state index contributed by atoms with van der Waals surface area (Å²) in [5.41, 5.74) is 4.75. The Morgan fingerprint density at radius 3 is 2.84 bits per heavy atom. The van der Waals surface area contributed by atoms with Gasteiger partial charge in [-0.05, 0) is 48.0 Å². The molecule has 0 amide bonds. The number of fused-ring (bicyclic) bond motifs is 2. The topological polar surface area (TPSA) is 77.2 Å². The third-order valence-electron chi connectivity index (χ3n) is 5.47. The average molecular weight is 444 g/mol. The van der Waals surface area contributed by atoms with Crippen molar-refractivity contribution in [3.63, 3.8) is 0 Å². The molecule has 0 fully saturated rings. The second kappa shape index (κ2) is 7.28. The molecule has 156 valence electrons. The van der Waals surface area contributed by atoms with Crippen LogP contribution in [-0.4, -0.2) is 35.0 Å². The molecule has 0 saturated heterocycles. The maximum absolute atomic E-state index is 15.0. The molecule has 0 spiro atoms. The summed E-state index contributed by atoms with van der Waals surface area (Å²) in [4.78, 5) is 0. The van der Waals surface area contributed by atoms with E-state index in [0.717, 1.165) is 27.8 Å². The summed E-state index contributed by atoms with van der Waals surface area (Å²) in [6.45, 7) is 0.468. The van der Waals surface area contributed by atoms with Crippen molar-refractivity contribution < 1.29 is 4.39 Å². The molecule has 6 rings (SSSR count). The van der Waals surface area contributed by atoms with Gasteiger partial charge in [0, 0.05) is 22.2 Å². The fourth-order valence-electron chi connectivity index (χ4n) is 3.87. The van der Waals surface area contributed by atoms with Crippen LogP contribution in [0, 0.1) is 5.82 Å². The number of hydrogen-bond acceptors (Lipinski definition) is 4. The van der Waals surface area contributed by atoms with Crippen LogP contribution in [0.25, 0.3) is 38.9 Å². The van der Waals surface area contributed by atoms with E-state index in [1.807, 2.05) is 54.6 Å². The molecule has 0 aliphatic rings. The van der Waals surface area contributed by atoms with Crippen LogP contribution in [0.1, 0.15) is 5.56 Å². The van der Waals surface area contributed by atoms with Gasteiger partial charge in [-0.2, -0.15) is 10.2 Å². The van der Waals surface area contributed by atoms with Crippen molar-refractivity contribution in [2.24, 2.45) is 0 Å². The van der Waals surface area contributed by atoms with Gasteiger partial charge in [0.25, 0.3) is 0 Å². The van der Waals surface area contributed by atoms with Gasteiger partial charge in [-0.1, -0.05) is 35.0 Å².